The van der Waals surface area contributed by atoms with Gasteiger partial charge in [-0.3, -0.25) is 9.59 Å². The molecular weight excluding hydrogens is 356 g/mol. The maximum atomic E-state index is 12.0. The van der Waals surface area contributed by atoms with Crippen molar-refractivity contribution < 1.29 is 23.1 Å². The molecule has 136 valence electrons. The van der Waals surface area contributed by atoms with E-state index in [1.165, 1.54) is 19.1 Å². The highest BCUT2D eigenvalue weighted by molar-refractivity contribution is 7.92. The first-order valence-electron chi connectivity index (χ1n) is 7.98. The van der Waals surface area contributed by atoms with E-state index in [0.29, 0.717) is 12.0 Å². The van der Waals surface area contributed by atoms with E-state index in [1.807, 2.05) is 35.1 Å². The van der Waals surface area contributed by atoms with Crippen LogP contribution in [-0.2, 0) is 26.2 Å². The first kappa shape index (κ1) is 17.9. The zero-order valence-electron chi connectivity index (χ0n) is 14.0. The molecule has 0 bridgehead atoms. The second kappa shape index (κ2) is 6.80. The third-order valence-electron chi connectivity index (χ3n) is 4.26. The SMILES string of the molecule is CC(=O)C(Cc1ccc(N2CC(=O)NS2(=O)=O)c(O)c1)c1ccccc1. The number of anilines is 1. The molecule has 26 heavy (non-hydrogen) atoms. The summed E-state index contributed by atoms with van der Waals surface area (Å²) >= 11 is 0. The Kier molecular flexibility index (Phi) is 4.69. The highest BCUT2D eigenvalue weighted by Gasteiger charge is 2.35. The Hall–Kier alpha value is -2.87. The largest absolute Gasteiger partial charge is 0.506 e. The van der Waals surface area contributed by atoms with Crippen molar-refractivity contribution >= 4 is 27.6 Å². The number of nitrogens with zero attached hydrogens (tertiary/aromatic N) is 1. The van der Waals surface area contributed by atoms with Crippen LogP contribution < -0.4 is 9.03 Å². The van der Waals surface area contributed by atoms with Gasteiger partial charge in [0.1, 0.15) is 18.1 Å². The van der Waals surface area contributed by atoms with Crippen LogP contribution >= 0.6 is 0 Å². The Morgan fingerprint density at radius 3 is 2.46 bits per heavy atom. The van der Waals surface area contributed by atoms with E-state index in [4.69, 9.17) is 0 Å². The van der Waals surface area contributed by atoms with Crippen molar-refractivity contribution in [2.45, 2.75) is 19.3 Å². The lowest BCUT2D eigenvalue weighted by atomic mass is 9.89. The van der Waals surface area contributed by atoms with Crippen LogP contribution in [0.4, 0.5) is 5.69 Å². The number of nitrogens with one attached hydrogen (secondary N) is 1. The molecule has 2 aromatic rings. The lowest BCUT2D eigenvalue weighted by Gasteiger charge is -2.18. The van der Waals surface area contributed by atoms with Gasteiger partial charge < -0.3 is 5.11 Å². The fraction of sp³-hybridized carbons (Fsp3) is 0.222. The smallest absolute Gasteiger partial charge is 0.326 e. The molecule has 0 aliphatic carbocycles. The second-order valence-corrected chi connectivity index (χ2v) is 7.73. The summed E-state index contributed by atoms with van der Waals surface area (Å²) in [4.78, 5) is 23.4. The van der Waals surface area contributed by atoms with E-state index in [-0.39, 0.29) is 29.7 Å². The topological polar surface area (TPSA) is 104 Å². The Bertz CT molecular complexity index is 957. The van der Waals surface area contributed by atoms with Crippen LogP contribution in [0.25, 0.3) is 0 Å². The number of phenolic OH excluding ortho intramolecular Hbond substituents is 1. The summed E-state index contributed by atoms with van der Waals surface area (Å²) in [6.07, 6.45) is 0.372. The van der Waals surface area contributed by atoms with Gasteiger partial charge in [-0.2, -0.15) is 8.42 Å². The molecule has 0 aromatic heterocycles. The minimum atomic E-state index is -3.98. The molecule has 1 amide bonds. The highest BCUT2D eigenvalue weighted by Crippen LogP contribution is 2.33. The summed E-state index contributed by atoms with van der Waals surface area (Å²) in [6.45, 7) is 1.13. The third-order valence-corrected chi connectivity index (χ3v) is 5.65. The van der Waals surface area contributed by atoms with Gasteiger partial charge in [-0.25, -0.2) is 9.03 Å². The molecule has 7 nitrogen and oxygen atoms in total. The number of ketones is 1. The van der Waals surface area contributed by atoms with Gasteiger partial charge in [0.2, 0.25) is 0 Å². The number of rotatable bonds is 5. The van der Waals surface area contributed by atoms with Gasteiger partial charge >= 0.3 is 10.2 Å². The number of Topliss-reactive ketones (excluding diaryl/α,β-unsaturated/α-hetero) is 1. The quantitative estimate of drug-likeness (QED) is 0.825. The summed E-state index contributed by atoms with van der Waals surface area (Å²) < 4.78 is 26.5. The van der Waals surface area contributed by atoms with Crippen LogP contribution in [0.5, 0.6) is 5.75 Å². The van der Waals surface area contributed by atoms with Crippen LogP contribution in [0.2, 0.25) is 0 Å². The maximum absolute atomic E-state index is 12.0. The minimum absolute atomic E-state index is 0.00307. The molecule has 1 heterocycles. The molecule has 1 atom stereocenters. The number of benzene rings is 2. The summed E-state index contributed by atoms with van der Waals surface area (Å²) in [5.74, 6) is -1.29. The second-order valence-electron chi connectivity index (χ2n) is 6.14. The molecule has 2 N–H and O–H groups in total. The van der Waals surface area contributed by atoms with E-state index in [9.17, 15) is 23.1 Å². The lowest BCUT2D eigenvalue weighted by Crippen LogP contribution is -2.29. The molecule has 1 saturated heterocycles. The number of hydrogen-bond donors (Lipinski definition) is 2. The zero-order valence-corrected chi connectivity index (χ0v) is 14.9. The molecule has 3 rings (SSSR count). The summed E-state index contributed by atoms with van der Waals surface area (Å²) in [5.41, 5.74) is 1.58. The lowest BCUT2D eigenvalue weighted by molar-refractivity contribution is -0.118. The first-order chi connectivity index (χ1) is 12.3. The van der Waals surface area contributed by atoms with Gasteiger partial charge in [0.05, 0.1) is 5.69 Å². The average Bonchev–Trinajstić information content (AvgIpc) is 2.85. The van der Waals surface area contributed by atoms with Crippen LogP contribution in [-0.4, -0.2) is 31.8 Å². The van der Waals surface area contributed by atoms with Crippen molar-refractivity contribution in [3.05, 3.63) is 59.7 Å². The standard InChI is InChI=1S/C18H18N2O5S/c1-12(21)15(14-5-3-2-4-6-14)9-13-7-8-16(17(22)10-13)20-11-18(23)19-26(20,24)25/h2-8,10,15,22H,9,11H2,1H3,(H,19,23). The Morgan fingerprint density at radius 1 is 1.23 bits per heavy atom. The van der Waals surface area contributed by atoms with E-state index in [2.05, 4.69) is 0 Å². The number of phenols is 1. The van der Waals surface area contributed by atoms with Gasteiger partial charge in [-0.05, 0) is 36.6 Å². The van der Waals surface area contributed by atoms with Gasteiger partial charge in [0.25, 0.3) is 5.91 Å². The van der Waals surface area contributed by atoms with Gasteiger partial charge in [-0.15, -0.1) is 0 Å². The number of carbonyl (C=O) groups excluding carboxylic acids is 2. The van der Waals surface area contributed by atoms with Crippen molar-refractivity contribution in [3.8, 4) is 5.75 Å². The number of aromatic hydroxyl groups is 1. The number of amides is 1. The molecule has 1 fully saturated rings. The van der Waals surface area contributed by atoms with Gasteiger partial charge in [-0.1, -0.05) is 36.4 Å². The monoisotopic (exact) mass is 374 g/mol. The summed E-state index contributed by atoms with van der Waals surface area (Å²) in [6, 6.07) is 13.8. The van der Waals surface area contributed by atoms with Crippen molar-refractivity contribution in [2.24, 2.45) is 0 Å². The number of hydrogen-bond acceptors (Lipinski definition) is 5. The minimum Gasteiger partial charge on any atom is -0.506 e. The molecule has 0 radical (unpaired) electrons. The normalized spacial score (nSPS) is 17.0. The van der Waals surface area contributed by atoms with E-state index in [0.717, 1.165) is 9.87 Å². The van der Waals surface area contributed by atoms with Crippen molar-refractivity contribution in [3.63, 3.8) is 0 Å². The highest BCUT2D eigenvalue weighted by atomic mass is 32.2. The first-order valence-corrected chi connectivity index (χ1v) is 9.42. The number of carbonyl (C=O) groups is 2. The molecule has 1 aliphatic rings. The predicted octanol–water partition coefficient (Wildman–Crippen LogP) is 1.49. The van der Waals surface area contributed by atoms with Crippen LogP contribution in [0.15, 0.2) is 48.5 Å². The Morgan fingerprint density at radius 2 is 1.92 bits per heavy atom. The van der Waals surface area contributed by atoms with Crippen molar-refractivity contribution in [1.29, 1.82) is 0 Å². The van der Waals surface area contributed by atoms with E-state index in [1.54, 1.807) is 6.07 Å². The third kappa shape index (κ3) is 3.55. The molecule has 2 aromatic carbocycles. The van der Waals surface area contributed by atoms with Crippen molar-refractivity contribution in [2.75, 3.05) is 10.8 Å². The molecular formula is C18H18N2O5S. The maximum Gasteiger partial charge on any atom is 0.326 e. The molecule has 0 spiro atoms. The average molecular weight is 374 g/mol. The Balaban J connectivity index is 1.88. The molecule has 1 aliphatic heterocycles. The predicted molar refractivity (Wildman–Crippen MR) is 96.1 cm³/mol. The van der Waals surface area contributed by atoms with Crippen LogP contribution in [0.3, 0.4) is 0 Å². The molecule has 1 unspecified atom stereocenters. The fourth-order valence-corrected chi connectivity index (χ4v) is 4.15. The molecule has 0 saturated carbocycles. The molecule has 8 heteroatoms. The summed E-state index contributed by atoms with van der Waals surface area (Å²) in [7, 11) is -3.98. The van der Waals surface area contributed by atoms with Gasteiger partial charge in [0.15, 0.2) is 0 Å². The van der Waals surface area contributed by atoms with Gasteiger partial charge in [0, 0.05) is 5.92 Å². The fourth-order valence-electron chi connectivity index (χ4n) is 2.99. The van der Waals surface area contributed by atoms with E-state index < -0.39 is 16.1 Å². The Labute approximate surface area is 151 Å². The van der Waals surface area contributed by atoms with Crippen LogP contribution in [0, 0.1) is 0 Å². The summed E-state index contributed by atoms with van der Waals surface area (Å²) in [5, 5.41) is 10.3. The van der Waals surface area contributed by atoms with Crippen molar-refractivity contribution in [1.82, 2.24) is 4.72 Å². The van der Waals surface area contributed by atoms with E-state index >= 15 is 0 Å². The zero-order chi connectivity index (χ0) is 18.9. The van der Waals surface area contributed by atoms with Crippen LogP contribution in [0.1, 0.15) is 24.0 Å².